The lowest BCUT2D eigenvalue weighted by Crippen LogP contribution is -1.98. The summed E-state index contributed by atoms with van der Waals surface area (Å²) in [5.41, 5.74) is 2.96. The number of aryl methyl sites for hydroxylation is 1. The Hall–Kier alpha value is -2.56. The lowest BCUT2D eigenvalue weighted by atomic mass is 10.1. The highest BCUT2D eigenvalue weighted by molar-refractivity contribution is 5.54. The third-order valence-corrected chi connectivity index (χ3v) is 2.60. The Morgan fingerprint density at radius 2 is 1.89 bits per heavy atom. The van der Waals surface area contributed by atoms with Gasteiger partial charge in [-0.2, -0.15) is 0 Å². The standard InChI is InChI=1S/C13H11N5/c1-10-4-6-11(7-5-10)13-15-17-18(16-13)12-3-2-8-14-9-12/h2-9H,1H3. The zero-order chi connectivity index (χ0) is 12.4. The van der Waals surface area contributed by atoms with Crippen LogP contribution < -0.4 is 0 Å². The molecular weight excluding hydrogens is 226 g/mol. The van der Waals surface area contributed by atoms with Crippen molar-refractivity contribution in [2.24, 2.45) is 0 Å². The van der Waals surface area contributed by atoms with E-state index in [0.717, 1.165) is 11.3 Å². The zero-order valence-electron chi connectivity index (χ0n) is 9.85. The summed E-state index contributed by atoms with van der Waals surface area (Å²) in [6.07, 6.45) is 3.40. The largest absolute Gasteiger partial charge is 0.262 e. The molecule has 2 heterocycles. The van der Waals surface area contributed by atoms with E-state index in [-0.39, 0.29) is 0 Å². The number of hydrogen-bond donors (Lipinski definition) is 0. The van der Waals surface area contributed by atoms with Gasteiger partial charge in [-0.05, 0) is 24.3 Å². The first-order valence-electron chi connectivity index (χ1n) is 5.60. The summed E-state index contributed by atoms with van der Waals surface area (Å²) in [5, 5.41) is 12.4. The third-order valence-electron chi connectivity index (χ3n) is 2.60. The predicted octanol–water partition coefficient (Wildman–Crippen LogP) is 2.03. The Labute approximate surface area is 104 Å². The topological polar surface area (TPSA) is 56.5 Å². The summed E-state index contributed by atoms with van der Waals surface area (Å²) in [7, 11) is 0. The molecule has 0 saturated carbocycles. The maximum Gasteiger partial charge on any atom is 0.205 e. The molecule has 0 radical (unpaired) electrons. The lowest BCUT2D eigenvalue weighted by molar-refractivity contribution is 0.717. The summed E-state index contributed by atoms with van der Waals surface area (Å²) < 4.78 is 0. The van der Waals surface area contributed by atoms with Gasteiger partial charge in [-0.15, -0.1) is 15.0 Å². The Morgan fingerprint density at radius 3 is 2.61 bits per heavy atom. The molecule has 0 unspecified atom stereocenters. The molecule has 0 bridgehead atoms. The van der Waals surface area contributed by atoms with Crippen molar-refractivity contribution in [2.75, 3.05) is 0 Å². The fraction of sp³-hybridized carbons (Fsp3) is 0.0769. The summed E-state index contributed by atoms with van der Waals surface area (Å²) >= 11 is 0. The number of nitrogens with zero attached hydrogens (tertiary/aromatic N) is 5. The average Bonchev–Trinajstić information content (AvgIpc) is 2.90. The van der Waals surface area contributed by atoms with Crippen LogP contribution in [0.15, 0.2) is 48.8 Å². The fourth-order valence-electron chi connectivity index (χ4n) is 1.61. The second-order valence-electron chi connectivity index (χ2n) is 3.98. The van der Waals surface area contributed by atoms with Crippen molar-refractivity contribution in [3.8, 4) is 17.1 Å². The molecule has 3 aromatic rings. The average molecular weight is 237 g/mol. The molecule has 0 N–H and O–H groups in total. The molecule has 18 heavy (non-hydrogen) atoms. The molecule has 0 atom stereocenters. The van der Waals surface area contributed by atoms with E-state index in [1.54, 1.807) is 12.4 Å². The second kappa shape index (κ2) is 4.37. The van der Waals surface area contributed by atoms with Crippen molar-refractivity contribution in [1.82, 2.24) is 25.2 Å². The van der Waals surface area contributed by atoms with E-state index in [4.69, 9.17) is 0 Å². The first kappa shape index (κ1) is 10.6. The molecule has 88 valence electrons. The smallest absolute Gasteiger partial charge is 0.205 e. The van der Waals surface area contributed by atoms with E-state index in [1.807, 2.05) is 43.3 Å². The summed E-state index contributed by atoms with van der Waals surface area (Å²) in [5.74, 6) is 0.610. The van der Waals surface area contributed by atoms with Gasteiger partial charge in [-0.25, -0.2) is 0 Å². The van der Waals surface area contributed by atoms with Gasteiger partial charge in [0.05, 0.1) is 6.20 Å². The highest BCUT2D eigenvalue weighted by Gasteiger charge is 2.06. The van der Waals surface area contributed by atoms with Crippen molar-refractivity contribution >= 4 is 0 Å². The Bertz CT molecular complexity index is 643. The quantitative estimate of drug-likeness (QED) is 0.684. The SMILES string of the molecule is Cc1ccc(-c2nnn(-c3cccnc3)n2)cc1. The summed E-state index contributed by atoms with van der Waals surface area (Å²) in [6.45, 7) is 2.05. The molecule has 3 rings (SSSR count). The third kappa shape index (κ3) is 1.98. The minimum Gasteiger partial charge on any atom is -0.262 e. The molecule has 1 aromatic carbocycles. The lowest BCUT2D eigenvalue weighted by Gasteiger charge is -1.96. The number of tetrazole rings is 1. The maximum atomic E-state index is 4.33. The van der Waals surface area contributed by atoms with Gasteiger partial charge < -0.3 is 0 Å². The van der Waals surface area contributed by atoms with Crippen LogP contribution in [0.2, 0.25) is 0 Å². The number of hydrogen-bond acceptors (Lipinski definition) is 4. The van der Waals surface area contributed by atoms with Gasteiger partial charge in [0, 0.05) is 11.8 Å². The monoisotopic (exact) mass is 237 g/mol. The molecule has 0 amide bonds. The van der Waals surface area contributed by atoms with Crippen LogP contribution in [0.1, 0.15) is 5.56 Å². The van der Waals surface area contributed by atoms with E-state index in [1.165, 1.54) is 10.4 Å². The molecule has 2 aromatic heterocycles. The van der Waals surface area contributed by atoms with Crippen molar-refractivity contribution in [2.45, 2.75) is 6.92 Å². The van der Waals surface area contributed by atoms with Crippen LogP contribution in [0.25, 0.3) is 17.1 Å². The van der Waals surface area contributed by atoms with Gasteiger partial charge in [-0.3, -0.25) is 4.98 Å². The minimum absolute atomic E-state index is 0.610. The van der Waals surface area contributed by atoms with Crippen LogP contribution in [0.3, 0.4) is 0 Å². The van der Waals surface area contributed by atoms with Crippen molar-refractivity contribution < 1.29 is 0 Å². The Balaban J connectivity index is 1.97. The van der Waals surface area contributed by atoms with Crippen LogP contribution in [0, 0.1) is 6.92 Å². The van der Waals surface area contributed by atoms with Crippen LogP contribution in [-0.2, 0) is 0 Å². The second-order valence-corrected chi connectivity index (χ2v) is 3.98. The first-order chi connectivity index (χ1) is 8.83. The number of aromatic nitrogens is 5. The van der Waals surface area contributed by atoms with Crippen LogP contribution >= 0.6 is 0 Å². The molecule has 0 saturated heterocycles. The molecule has 0 fully saturated rings. The van der Waals surface area contributed by atoms with Gasteiger partial charge in [0.2, 0.25) is 5.82 Å². The van der Waals surface area contributed by atoms with E-state index in [2.05, 4.69) is 20.4 Å². The van der Waals surface area contributed by atoms with Gasteiger partial charge in [0.1, 0.15) is 5.69 Å². The summed E-state index contributed by atoms with van der Waals surface area (Å²) in [6, 6.07) is 11.7. The number of benzene rings is 1. The van der Waals surface area contributed by atoms with Gasteiger partial charge in [-0.1, -0.05) is 29.8 Å². The molecule has 0 aliphatic heterocycles. The highest BCUT2D eigenvalue weighted by atomic mass is 15.6. The van der Waals surface area contributed by atoms with E-state index >= 15 is 0 Å². The number of pyridine rings is 1. The fourth-order valence-corrected chi connectivity index (χ4v) is 1.61. The van der Waals surface area contributed by atoms with Gasteiger partial charge in [0.15, 0.2) is 0 Å². The normalized spacial score (nSPS) is 10.5. The maximum absolute atomic E-state index is 4.33. The minimum atomic E-state index is 0.610. The van der Waals surface area contributed by atoms with Crippen molar-refractivity contribution in [3.63, 3.8) is 0 Å². The molecule has 0 aliphatic carbocycles. The molecule has 5 nitrogen and oxygen atoms in total. The van der Waals surface area contributed by atoms with Crippen molar-refractivity contribution in [1.29, 1.82) is 0 Å². The molecule has 5 heteroatoms. The van der Waals surface area contributed by atoms with Gasteiger partial charge in [0.25, 0.3) is 0 Å². The van der Waals surface area contributed by atoms with Crippen molar-refractivity contribution in [3.05, 3.63) is 54.4 Å². The first-order valence-corrected chi connectivity index (χ1v) is 5.60. The zero-order valence-corrected chi connectivity index (χ0v) is 9.85. The predicted molar refractivity (Wildman–Crippen MR) is 67.1 cm³/mol. The Morgan fingerprint density at radius 1 is 1.06 bits per heavy atom. The Kier molecular flexibility index (Phi) is 2.57. The van der Waals surface area contributed by atoms with E-state index in [0.29, 0.717) is 5.82 Å². The molecule has 0 aliphatic rings. The number of rotatable bonds is 2. The van der Waals surface area contributed by atoms with E-state index < -0.39 is 0 Å². The molecule has 0 spiro atoms. The highest BCUT2D eigenvalue weighted by Crippen LogP contribution is 2.14. The van der Waals surface area contributed by atoms with Crippen LogP contribution in [0.4, 0.5) is 0 Å². The summed E-state index contributed by atoms with van der Waals surface area (Å²) in [4.78, 5) is 5.50. The molecular formula is C13H11N5. The van der Waals surface area contributed by atoms with Crippen LogP contribution in [0.5, 0.6) is 0 Å². The van der Waals surface area contributed by atoms with Crippen LogP contribution in [-0.4, -0.2) is 25.2 Å². The van der Waals surface area contributed by atoms with E-state index in [9.17, 15) is 0 Å². The van der Waals surface area contributed by atoms with Gasteiger partial charge >= 0.3 is 0 Å².